The molecule has 8 heteroatoms. The first-order chi connectivity index (χ1) is 13.0. The molecule has 1 aromatic heterocycles. The number of nitrogens with zero attached hydrogens (tertiary/aromatic N) is 3. The molecule has 27 heavy (non-hydrogen) atoms. The average Bonchev–Trinajstić information content (AvgIpc) is 3.07. The topological polar surface area (TPSA) is 90.7 Å². The summed E-state index contributed by atoms with van der Waals surface area (Å²) in [5, 5.41) is 9.93. The highest BCUT2D eigenvalue weighted by atomic mass is 16.5. The number of piperazine rings is 1. The smallest absolute Gasteiger partial charge is 0.239 e. The summed E-state index contributed by atoms with van der Waals surface area (Å²) in [5.74, 6) is 2.26. The molecule has 0 saturated carbocycles. The number of carbonyl (C=O) groups is 2. The highest BCUT2D eigenvalue weighted by Gasteiger charge is 2.27. The average molecular weight is 377 g/mol. The van der Waals surface area contributed by atoms with Crippen LogP contribution in [0.25, 0.3) is 0 Å². The molecule has 0 aliphatic carbocycles. The van der Waals surface area contributed by atoms with Crippen LogP contribution in [0.1, 0.15) is 31.9 Å². The molecule has 2 N–H and O–H groups in total. The fourth-order valence-corrected chi connectivity index (χ4v) is 3.90. The molecule has 2 saturated heterocycles. The second-order valence-corrected chi connectivity index (χ2v) is 7.82. The first kappa shape index (κ1) is 19.8. The summed E-state index contributed by atoms with van der Waals surface area (Å²) in [7, 11) is 0. The van der Waals surface area contributed by atoms with Crippen LogP contribution in [0, 0.1) is 18.8 Å². The SMILES string of the molecule is Cc1cc(NC(=O)CN2CCN(C(=O)CC(C)C3CCCNC3)CC2)no1. The number of amides is 2. The van der Waals surface area contributed by atoms with E-state index < -0.39 is 0 Å². The lowest BCUT2D eigenvalue weighted by molar-refractivity contribution is -0.134. The Labute approximate surface area is 160 Å². The summed E-state index contributed by atoms with van der Waals surface area (Å²) in [6, 6.07) is 1.69. The van der Waals surface area contributed by atoms with Crippen LogP contribution in [-0.2, 0) is 9.59 Å². The third-order valence-electron chi connectivity index (χ3n) is 5.62. The summed E-state index contributed by atoms with van der Waals surface area (Å²) >= 11 is 0. The molecular formula is C19H31N5O3. The van der Waals surface area contributed by atoms with E-state index in [1.807, 2.05) is 4.90 Å². The molecule has 0 aromatic carbocycles. The van der Waals surface area contributed by atoms with Crippen LogP contribution in [0.3, 0.4) is 0 Å². The van der Waals surface area contributed by atoms with Crippen molar-refractivity contribution in [1.82, 2.24) is 20.3 Å². The highest BCUT2D eigenvalue weighted by molar-refractivity contribution is 5.91. The van der Waals surface area contributed by atoms with Gasteiger partial charge in [0.05, 0.1) is 6.54 Å². The minimum atomic E-state index is -0.110. The summed E-state index contributed by atoms with van der Waals surface area (Å²) in [6.07, 6.45) is 3.05. The Morgan fingerprint density at radius 1 is 1.37 bits per heavy atom. The number of hydrogen-bond donors (Lipinski definition) is 2. The van der Waals surface area contributed by atoms with E-state index in [0.717, 1.165) is 26.2 Å². The van der Waals surface area contributed by atoms with E-state index in [1.54, 1.807) is 13.0 Å². The van der Waals surface area contributed by atoms with Crippen molar-refractivity contribution in [2.45, 2.75) is 33.1 Å². The van der Waals surface area contributed by atoms with Crippen molar-refractivity contribution in [3.8, 4) is 0 Å². The van der Waals surface area contributed by atoms with Crippen LogP contribution in [0.15, 0.2) is 10.6 Å². The molecule has 2 atom stereocenters. The van der Waals surface area contributed by atoms with Gasteiger partial charge in [0.25, 0.3) is 0 Å². The van der Waals surface area contributed by atoms with Crippen LogP contribution < -0.4 is 10.6 Å². The second kappa shape index (κ2) is 9.32. The van der Waals surface area contributed by atoms with Gasteiger partial charge in [0.15, 0.2) is 5.82 Å². The minimum absolute atomic E-state index is 0.110. The molecule has 2 unspecified atom stereocenters. The molecule has 2 aliphatic heterocycles. The van der Waals surface area contributed by atoms with Crippen molar-refractivity contribution < 1.29 is 14.1 Å². The quantitative estimate of drug-likeness (QED) is 0.771. The zero-order valence-corrected chi connectivity index (χ0v) is 16.4. The van der Waals surface area contributed by atoms with Gasteiger partial charge >= 0.3 is 0 Å². The lowest BCUT2D eigenvalue weighted by Crippen LogP contribution is -2.51. The Balaban J connectivity index is 1.37. The summed E-state index contributed by atoms with van der Waals surface area (Å²) in [6.45, 7) is 9.22. The summed E-state index contributed by atoms with van der Waals surface area (Å²) < 4.78 is 4.94. The number of anilines is 1. The van der Waals surface area contributed by atoms with Gasteiger partial charge in [0.2, 0.25) is 11.8 Å². The van der Waals surface area contributed by atoms with Gasteiger partial charge in [-0.25, -0.2) is 0 Å². The van der Waals surface area contributed by atoms with Crippen LogP contribution in [-0.4, -0.2) is 72.6 Å². The maximum atomic E-state index is 12.6. The first-order valence-electron chi connectivity index (χ1n) is 9.95. The molecule has 2 fully saturated rings. The number of rotatable bonds is 6. The van der Waals surface area contributed by atoms with Gasteiger partial charge in [-0.2, -0.15) is 0 Å². The van der Waals surface area contributed by atoms with Gasteiger partial charge in [-0.1, -0.05) is 12.1 Å². The van der Waals surface area contributed by atoms with Gasteiger partial charge in [0.1, 0.15) is 5.76 Å². The van der Waals surface area contributed by atoms with Gasteiger partial charge in [-0.15, -0.1) is 0 Å². The standard InChI is InChI=1S/C19H31N5O3/c1-14(16-4-3-5-20-12-16)10-19(26)24-8-6-23(7-9-24)13-18(25)21-17-11-15(2)27-22-17/h11,14,16,20H,3-10,12-13H2,1-2H3,(H,21,22,25). The van der Waals surface area contributed by atoms with E-state index in [0.29, 0.717) is 49.5 Å². The fraction of sp³-hybridized carbons (Fsp3) is 0.737. The van der Waals surface area contributed by atoms with Crippen LogP contribution in [0.5, 0.6) is 0 Å². The van der Waals surface area contributed by atoms with Crippen LogP contribution in [0.2, 0.25) is 0 Å². The molecule has 2 amide bonds. The van der Waals surface area contributed by atoms with E-state index in [1.165, 1.54) is 12.8 Å². The number of hydrogen-bond acceptors (Lipinski definition) is 6. The Hall–Kier alpha value is -1.93. The molecule has 150 valence electrons. The Bertz CT molecular complexity index is 633. The molecule has 0 bridgehead atoms. The zero-order chi connectivity index (χ0) is 19.2. The Morgan fingerprint density at radius 3 is 2.78 bits per heavy atom. The normalized spacial score (nSPS) is 22.4. The summed E-state index contributed by atoms with van der Waals surface area (Å²) in [4.78, 5) is 28.7. The minimum Gasteiger partial charge on any atom is -0.360 e. The maximum absolute atomic E-state index is 12.6. The Kier molecular flexibility index (Phi) is 6.84. The van der Waals surface area contributed by atoms with Crippen molar-refractivity contribution in [2.24, 2.45) is 11.8 Å². The monoisotopic (exact) mass is 377 g/mol. The predicted octanol–water partition coefficient (Wildman–Crippen LogP) is 1.09. The lowest BCUT2D eigenvalue weighted by Gasteiger charge is -2.35. The molecule has 2 aliphatic rings. The zero-order valence-electron chi connectivity index (χ0n) is 16.4. The summed E-state index contributed by atoms with van der Waals surface area (Å²) in [5.41, 5.74) is 0. The van der Waals surface area contributed by atoms with Gasteiger partial charge in [0, 0.05) is 38.7 Å². The number of piperidine rings is 1. The maximum Gasteiger partial charge on any atom is 0.239 e. The van der Waals surface area contributed by atoms with Crippen molar-refractivity contribution in [3.63, 3.8) is 0 Å². The van der Waals surface area contributed by atoms with Crippen molar-refractivity contribution >= 4 is 17.6 Å². The second-order valence-electron chi connectivity index (χ2n) is 7.82. The largest absolute Gasteiger partial charge is 0.360 e. The lowest BCUT2D eigenvalue weighted by atomic mass is 9.85. The predicted molar refractivity (Wildman–Crippen MR) is 102 cm³/mol. The molecule has 0 radical (unpaired) electrons. The Morgan fingerprint density at radius 2 is 2.15 bits per heavy atom. The van der Waals surface area contributed by atoms with Crippen molar-refractivity contribution in [3.05, 3.63) is 11.8 Å². The molecule has 3 heterocycles. The third kappa shape index (κ3) is 5.77. The van der Waals surface area contributed by atoms with Gasteiger partial charge in [-0.3, -0.25) is 14.5 Å². The molecule has 3 rings (SSSR count). The van der Waals surface area contributed by atoms with E-state index in [2.05, 4.69) is 27.6 Å². The molecule has 8 nitrogen and oxygen atoms in total. The van der Waals surface area contributed by atoms with E-state index in [-0.39, 0.29) is 11.8 Å². The number of aromatic nitrogens is 1. The van der Waals surface area contributed by atoms with E-state index >= 15 is 0 Å². The first-order valence-corrected chi connectivity index (χ1v) is 9.95. The van der Waals surface area contributed by atoms with Gasteiger partial charge in [-0.05, 0) is 44.7 Å². The molecule has 1 aromatic rings. The highest BCUT2D eigenvalue weighted by Crippen LogP contribution is 2.23. The van der Waals surface area contributed by atoms with E-state index in [4.69, 9.17) is 4.52 Å². The van der Waals surface area contributed by atoms with Gasteiger partial charge < -0.3 is 20.1 Å². The van der Waals surface area contributed by atoms with Crippen LogP contribution >= 0.6 is 0 Å². The molecular weight excluding hydrogens is 346 g/mol. The van der Waals surface area contributed by atoms with E-state index in [9.17, 15) is 9.59 Å². The fourth-order valence-electron chi connectivity index (χ4n) is 3.90. The third-order valence-corrected chi connectivity index (χ3v) is 5.62. The molecule has 0 spiro atoms. The van der Waals surface area contributed by atoms with Crippen molar-refractivity contribution in [1.29, 1.82) is 0 Å². The van der Waals surface area contributed by atoms with Crippen LogP contribution in [0.4, 0.5) is 5.82 Å². The number of carbonyl (C=O) groups excluding carboxylic acids is 2. The van der Waals surface area contributed by atoms with Crippen molar-refractivity contribution in [2.75, 3.05) is 51.1 Å². The number of nitrogens with one attached hydrogen (secondary N) is 2. The number of aryl methyl sites for hydroxylation is 1.